The number of benzene rings is 1. The van der Waals surface area contributed by atoms with Gasteiger partial charge in [0.15, 0.2) is 0 Å². The molecule has 2 fully saturated rings. The maximum atomic E-state index is 13.4. The van der Waals surface area contributed by atoms with Gasteiger partial charge in [-0.05, 0) is 67.2 Å². The van der Waals surface area contributed by atoms with Crippen molar-refractivity contribution in [2.75, 3.05) is 0 Å². The van der Waals surface area contributed by atoms with Crippen molar-refractivity contribution >= 4 is 0 Å². The van der Waals surface area contributed by atoms with Crippen molar-refractivity contribution in [2.45, 2.75) is 45.1 Å². The standard InChI is InChI=1S/C16H23FN2/c1-10-6-7-12(17)8-11(10)9-15(19-18)16-13-4-2-3-5-14(13)16/h6-8,13-16,19H,2-5,9,18H2,1H3. The molecule has 0 heterocycles. The van der Waals surface area contributed by atoms with Gasteiger partial charge in [0.05, 0.1) is 0 Å². The third-order valence-corrected chi connectivity index (χ3v) is 5.15. The number of fused-ring (bicyclic) bond motifs is 1. The second-order valence-corrected chi connectivity index (χ2v) is 6.24. The maximum Gasteiger partial charge on any atom is 0.123 e. The smallest absolute Gasteiger partial charge is 0.123 e. The highest BCUT2D eigenvalue weighted by Gasteiger charge is 2.53. The monoisotopic (exact) mass is 262 g/mol. The third-order valence-electron chi connectivity index (χ3n) is 5.15. The molecule has 0 radical (unpaired) electrons. The van der Waals surface area contributed by atoms with Crippen LogP contribution in [-0.2, 0) is 6.42 Å². The van der Waals surface area contributed by atoms with Crippen molar-refractivity contribution in [1.82, 2.24) is 5.43 Å². The zero-order chi connectivity index (χ0) is 13.4. The summed E-state index contributed by atoms with van der Waals surface area (Å²) in [4.78, 5) is 0. The summed E-state index contributed by atoms with van der Waals surface area (Å²) in [5, 5.41) is 0. The van der Waals surface area contributed by atoms with Crippen LogP contribution in [0.15, 0.2) is 18.2 Å². The summed E-state index contributed by atoms with van der Waals surface area (Å²) in [7, 11) is 0. The molecule has 3 atom stereocenters. The average Bonchev–Trinajstić information content (AvgIpc) is 3.14. The van der Waals surface area contributed by atoms with Crippen molar-refractivity contribution in [2.24, 2.45) is 23.6 Å². The second kappa shape index (κ2) is 5.22. The first-order valence-electron chi connectivity index (χ1n) is 7.42. The van der Waals surface area contributed by atoms with Crippen LogP contribution in [0.25, 0.3) is 0 Å². The van der Waals surface area contributed by atoms with E-state index < -0.39 is 0 Å². The van der Waals surface area contributed by atoms with Crippen LogP contribution >= 0.6 is 0 Å². The minimum absolute atomic E-state index is 0.149. The summed E-state index contributed by atoms with van der Waals surface area (Å²) in [6.45, 7) is 2.04. The molecule has 2 saturated carbocycles. The van der Waals surface area contributed by atoms with Crippen LogP contribution in [0.1, 0.15) is 36.8 Å². The van der Waals surface area contributed by atoms with E-state index in [4.69, 9.17) is 5.84 Å². The van der Waals surface area contributed by atoms with E-state index in [1.165, 1.54) is 31.7 Å². The predicted molar refractivity (Wildman–Crippen MR) is 74.9 cm³/mol. The molecule has 2 nitrogen and oxygen atoms in total. The Morgan fingerprint density at radius 1 is 1.32 bits per heavy atom. The molecule has 0 aliphatic heterocycles. The van der Waals surface area contributed by atoms with Crippen LogP contribution in [0.5, 0.6) is 0 Å². The highest BCUT2D eigenvalue weighted by molar-refractivity contribution is 5.28. The summed E-state index contributed by atoms with van der Waals surface area (Å²) >= 11 is 0. The van der Waals surface area contributed by atoms with Gasteiger partial charge in [-0.1, -0.05) is 18.9 Å². The fraction of sp³-hybridized carbons (Fsp3) is 0.625. The zero-order valence-electron chi connectivity index (χ0n) is 11.5. The Morgan fingerprint density at radius 2 is 2.00 bits per heavy atom. The SMILES string of the molecule is Cc1ccc(F)cc1CC(NN)C1C2CCCCC21. The zero-order valence-corrected chi connectivity index (χ0v) is 11.5. The van der Waals surface area contributed by atoms with Gasteiger partial charge in [0, 0.05) is 6.04 Å². The number of hydrogen-bond donors (Lipinski definition) is 2. The van der Waals surface area contributed by atoms with Gasteiger partial charge in [0.25, 0.3) is 0 Å². The molecule has 2 aliphatic rings. The van der Waals surface area contributed by atoms with E-state index in [9.17, 15) is 4.39 Å². The second-order valence-electron chi connectivity index (χ2n) is 6.24. The number of rotatable bonds is 4. The Balaban J connectivity index is 1.72. The Kier molecular flexibility index (Phi) is 3.59. The maximum absolute atomic E-state index is 13.4. The van der Waals surface area contributed by atoms with Gasteiger partial charge < -0.3 is 0 Å². The van der Waals surface area contributed by atoms with E-state index in [0.29, 0.717) is 12.0 Å². The van der Waals surface area contributed by atoms with Gasteiger partial charge in [-0.2, -0.15) is 0 Å². The van der Waals surface area contributed by atoms with Crippen molar-refractivity contribution < 1.29 is 4.39 Å². The lowest BCUT2D eigenvalue weighted by atomic mass is 9.97. The van der Waals surface area contributed by atoms with Gasteiger partial charge in [0.1, 0.15) is 5.82 Å². The van der Waals surface area contributed by atoms with Crippen LogP contribution in [0.2, 0.25) is 0 Å². The average molecular weight is 262 g/mol. The lowest BCUT2D eigenvalue weighted by Crippen LogP contribution is -2.39. The summed E-state index contributed by atoms with van der Waals surface area (Å²) < 4.78 is 13.4. The summed E-state index contributed by atoms with van der Waals surface area (Å²) in [6, 6.07) is 5.35. The van der Waals surface area contributed by atoms with Crippen LogP contribution in [0.3, 0.4) is 0 Å². The number of hydrogen-bond acceptors (Lipinski definition) is 2. The molecule has 19 heavy (non-hydrogen) atoms. The fourth-order valence-electron chi connectivity index (χ4n) is 4.05. The Bertz CT molecular complexity index is 448. The molecular formula is C16H23FN2. The first-order chi connectivity index (χ1) is 9.20. The minimum atomic E-state index is -0.149. The molecule has 0 aromatic heterocycles. The number of aryl methyl sites for hydroxylation is 1. The fourth-order valence-corrected chi connectivity index (χ4v) is 4.05. The quantitative estimate of drug-likeness (QED) is 0.647. The highest BCUT2D eigenvalue weighted by Crippen LogP contribution is 2.57. The van der Waals surface area contributed by atoms with Gasteiger partial charge in [0.2, 0.25) is 0 Å². The highest BCUT2D eigenvalue weighted by atomic mass is 19.1. The summed E-state index contributed by atoms with van der Waals surface area (Å²) in [6.07, 6.45) is 6.30. The summed E-state index contributed by atoms with van der Waals surface area (Å²) in [5.41, 5.74) is 5.24. The molecule has 3 heteroatoms. The molecule has 1 aromatic carbocycles. The van der Waals surface area contributed by atoms with Crippen LogP contribution < -0.4 is 11.3 Å². The van der Waals surface area contributed by atoms with Crippen molar-refractivity contribution in [3.05, 3.63) is 35.1 Å². The molecule has 104 valence electrons. The predicted octanol–water partition coefficient (Wildman–Crippen LogP) is 2.94. The molecule has 1 aromatic rings. The minimum Gasteiger partial charge on any atom is -0.271 e. The van der Waals surface area contributed by atoms with Gasteiger partial charge >= 0.3 is 0 Å². The van der Waals surface area contributed by atoms with E-state index in [1.54, 1.807) is 6.07 Å². The molecule has 0 bridgehead atoms. The Morgan fingerprint density at radius 3 is 2.63 bits per heavy atom. The normalized spacial score (nSPS) is 30.8. The lowest BCUT2D eigenvalue weighted by Gasteiger charge is -2.17. The van der Waals surface area contributed by atoms with E-state index in [0.717, 1.165) is 29.4 Å². The molecule has 3 unspecified atom stereocenters. The van der Waals surface area contributed by atoms with E-state index in [-0.39, 0.29) is 5.82 Å². The molecule has 0 spiro atoms. The molecule has 3 N–H and O–H groups in total. The van der Waals surface area contributed by atoms with E-state index in [1.807, 2.05) is 13.0 Å². The number of nitrogens with two attached hydrogens (primary N) is 1. The Hall–Kier alpha value is -0.930. The number of hydrazine groups is 1. The molecule has 3 rings (SSSR count). The van der Waals surface area contributed by atoms with Crippen LogP contribution in [0, 0.1) is 30.5 Å². The van der Waals surface area contributed by atoms with Crippen LogP contribution in [-0.4, -0.2) is 6.04 Å². The van der Waals surface area contributed by atoms with Gasteiger partial charge in [-0.25, -0.2) is 4.39 Å². The van der Waals surface area contributed by atoms with Crippen molar-refractivity contribution in [3.63, 3.8) is 0 Å². The van der Waals surface area contributed by atoms with E-state index >= 15 is 0 Å². The first kappa shape index (κ1) is 13.1. The molecule has 0 saturated heterocycles. The number of nitrogens with one attached hydrogen (secondary N) is 1. The summed E-state index contributed by atoms with van der Waals surface area (Å²) in [5.74, 6) is 8.04. The third kappa shape index (κ3) is 2.54. The molecular weight excluding hydrogens is 239 g/mol. The first-order valence-corrected chi connectivity index (χ1v) is 7.42. The molecule has 0 amide bonds. The topological polar surface area (TPSA) is 38.0 Å². The van der Waals surface area contributed by atoms with Crippen molar-refractivity contribution in [1.29, 1.82) is 0 Å². The van der Waals surface area contributed by atoms with Crippen molar-refractivity contribution in [3.8, 4) is 0 Å². The lowest BCUT2D eigenvalue weighted by molar-refractivity contribution is 0.435. The Labute approximate surface area is 114 Å². The largest absolute Gasteiger partial charge is 0.271 e. The number of halogens is 1. The van der Waals surface area contributed by atoms with Gasteiger partial charge in [-0.3, -0.25) is 11.3 Å². The van der Waals surface area contributed by atoms with Gasteiger partial charge in [-0.15, -0.1) is 0 Å². The van der Waals surface area contributed by atoms with Crippen LogP contribution in [0.4, 0.5) is 4.39 Å². The van der Waals surface area contributed by atoms with E-state index in [2.05, 4.69) is 5.43 Å². The molecule has 2 aliphatic carbocycles.